The largest absolute Gasteiger partial charge is 0.480 e. The number of hydrogen-bond donors (Lipinski definition) is 3. The van der Waals surface area contributed by atoms with E-state index in [-0.39, 0.29) is 19.4 Å². The molecule has 0 aliphatic carbocycles. The molecule has 0 aromatic rings. The van der Waals surface area contributed by atoms with Gasteiger partial charge in [0.25, 0.3) is 0 Å². The fourth-order valence-corrected chi connectivity index (χ4v) is 6.93. The van der Waals surface area contributed by atoms with E-state index < -0.39 is 51.1 Å². The van der Waals surface area contributed by atoms with Crippen LogP contribution in [0.4, 0.5) is 0 Å². The van der Waals surface area contributed by atoms with E-state index >= 15 is 0 Å². The fraction of sp³-hybridized carbons (Fsp3) is 0.841. The van der Waals surface area contributed by atoms with Gasteiger partial charge in [0.05, 0.1) is 13.2 Å². The fourth-order valence-electron chi connectivity index (χ4n) is 6.15. The number of aliphatic carboxylic acids is 1. The summed E-state index contributed by atoms with van der Waals surface area (Å²) in [6.07, 6.45) is 40.9. The highest BCUT2D eigenvalue weighted by molar-refractivity contribution is 7.47. The van der Waals surface area contributed by atoms with Gasteiger partial charge >= 0.3 is 25.7 Å². The van der Waals surface area contributed by atoms with E-state index in [0.29, 0.717) is 12.8 Å². The van der Waals surface area contributed by atoms with Crippen LogP contribution in [-0.4, -0.2) is 59.9 Å². The standard InChI is InChI=1S/C44H82NO10P/c1-3-5-7-9-11-13-15-17-19-20-22-24-26-28-30-32-34-36-43(47)55-40(38-53-56(50,51)54-39-41(45)44(48)49)37-52-42(46)35-33-31-29-27-25-23-21-18-16-14-12-10-8-6-4-2/h11,13,17,19,40-41H,3-10,12,14-16,18,20-39,45H2,1-2H3,(H,48,49)(H,50,51)/b13-11-,19-17-/t40-,41+/m1/s1. The Balaban J connectivity index is 4.34. The van der Waals surface area contributed by atoms with Crippen LogP contribution in [0.15, 0.2) is 24.3 Å². The number of carboxylic acid groups (broad SMARTS) is 1. The Hall–Kier alpha value is -2.04. The summed E-state index contributed by atoms with van der Waals surface area (Å²) in [5.41, 5.74) is 5.33. The molecule has 0 spiro atoms. The Morgan fingerprint density at radius 3 is 1.43 bits per heavy atom. The highest BCUT2D eigenvalue weighted by Gasteiger charge is 2.28. The van der Waals surface area contributed by atoms with Crippen LogP contribution in [0.5, 0.6) is 0 Å². The van der Waals surface area contributed by atoms with Crippen molar-refractivity contribution in [1.82, 2.24) is 0 Å². The van der Waals surface area contributed by atoms with Crippen LogP contribution < -0.4 is 5.73 Å². The number of carboxylic acids is 1. The van der Waals surface area contributed by atoms with Crippen molar-refractivity contribution in [3.63, 3.8) is 0 Å². The van der Waals surface area contributed by atoms with Crippen molar-refractivity contribution in [2.24, 2.45) is 5.73 Å². The second-order valence-corrected chi connectivity index (χ2v) is 16.6. The Labute approximate surface area is 340 Å². The van der Waals surface area contributed by atoms with Gasteiger partial charge in [-0.25, -0.2) is 4.57 Å². The van der Waals surface area contributed by atoms with Crippen molar-refractivity contribution < 1.29 is 47.5 Å². The topological polar surface area (TPSA) is 172 Å². The molecule has 0 aliphatic heterocycles. The van der Waals surface area contributed by atoms with Gasteiger partial charge in [0.15, 0.2) is 6.10 Å². The second-order valence-electron chi connectivity index (χ2n) is 15.2. The third kappa shape index (κ3) is 38.8. The maximum absolute atomic E-state index is 12.6. The minimum absolute atomic E-state index is 0.155. The zero-order valence-electron chi connectivity index (χ0n) is 35.5. The first-order valence-corrected chi connectivity index (χ1v) is 23.9. The van der Waals surface area contributed by atoms with Crippen LogP contribution in [0.2, 0.25) is 0 Å². The van der Waals surface area contributed by atoms with Gasteiger partial charge in [0, 0.05) is 12.8 Å². The van der Waals surface area contributed by atoms with Gasteiger partial charge in [-0.3, -0.25) is 23.4 Å². The maximum atomic E-state index is 12.6. The minimum atomic E-state index is -4.71. The average molecular weight is 816 g/mol. The smallest absolute Gasteiger partial charge is 0.472 e. The van der Waals surface area contributed by atoms with Gasteiger partial charge < -0.3 is 25.2 Å². The SMILES string of the molecule is CCCCC/C=C\C/C=C\CCCCCCCCCC(=O)O[C@H](COC(=O)CCCCCCCCCCCCCCCCC)COP(=O)(O)OC[C@H](N)C(=O)O. The van der Waals surface area contributed by atoms with Crippen molar-refractivity contribution in [2.75, 3.05) is 19.8 Å². The van der Waals surface area contributed by atoms with Gasteiger partial charge in [-0.2, -0.15) is 0 Å². The quantitative estimate of drug-likeness (QED) is 0.0232. The molecule has 0 bridgehead atoms. The summed E-state index contributed by atoms with van der Waals surface area (Å²) in [6, 6.07) is -1.52. The average Bonchev–Trinajstić information content (AvgIpc) is 3.17. The molecule has 0 fully saturated rings. The third-order valence-corrected chi connectivity index (χ3v) is 10.7. The third-order valence-electron chi connectivity index (χ3n) is 9.70. The highest BCUT2D eigenvalue weighted by Crippen LogP contribution is 2.43. The Morgan fingerprint density at radius 1 is 0.554 bits per heavy atom. The van der Waals surface area contributed by atoms with E-state index in [1.165, 1.54) is 109 Å². The van der Waals surface area contributed by atoms with Crippen LogP contribution in [-0.2, 0) is 37.5 Å². The van der Waals surface area contributed by atoms with E-state index in [1.807, 2.05) is 0 Å². The summed E-state index contributed by atoms with van der Waals surface area (Å²) in [5, 5.41) is 8.89. The number of phosphoric acid groups is 1. The number of unbranched alkanes of at least 4 members (excludes halogenated alkanes) is 24. The summed E-state index contributed by atoms with van der Waals surface area (Å²) in [4.78, 5) is 46.0. The molecule has 11 nitrogen and oxygen atoms in total. The van der Waals surface area contributed by atoms with Crippen molar-refractivity contribution in [3.05, 3.63) is 24.3 Å². The van der Waals surface area contributed by atoms with E-state index in [9.17, 15) is 23.8 Å². The Bertz CT molecular complexity index is 1050. The molecule has 0 heterocycles. The molecule has 0 saturated carbocycles. The summed E-state index contributed by atoms with van der Waals surface area (Å²) in [6.45, 7) is 2.79. The molecule has 0 rings (SSSR count). The number of ether oxygens (including phenoxy) is 2. The molecule has 4 N–H and O–H groups in total. The summed E-state index contributed by atoms with van der Waals surface area (Å²) in [7, 11) is -4.71. The number of phosphoric ester groups is 1. The van der Waals surface area contributed by atoms with Gasteiger partial charge in [-0.05, 0) is 44.9 Å². The van der Waals surface area contributed by atoms with E-state index in [4.69, 9.17) is 24.8 Å². The molecule has 3 atom stereocenters. The molecule has 56 heavy (non-hydrogen) atoms. The maximum Gasteiger partial charge on any atom is 0.472 e. The summed E-state index contributed by atoms with van der Waals surface area (Å²) in [5.74, 6) is -2.38. The molecule has 0 aliphatic rings. The molecular weight excluding hydrogens is 733 g/mol. The monoisotopic (exact) mass is 816 g/mol. The van der Waals surface area contributed by atoms with Gasteiger partial charge in [-0.1, -0.05) is 173 Å². The van der Waals surface area contributed by atoms with Gasteiger partial charge in [-0.15, -0.1) is 0 Å². The molecule has 0 saturated heterocycles. The number of nitrogens with two attached hydrogens (primary N) is 1. The Kier molecular flexibility index (Phi) is 38.3. The van der Waals surface area contributed by atoms with E-state index in [2.05, 4.69) is 42.7 Å². The predicted octanol–water partition coefficient (Wildman–Crippen LogP) is 11.8. The molecule has 0 aromatic carbocycles. The lowest BCUT2D eigenvalue weighted by molar-refractivity contribution is -0.161. The van der Waals surface area contributed by atoms with Crippen molar-refractivity contribution >= 4 is 25.7 Å². The van der Waals surface area contributed by atoms with Crippen LogP contribution in [0.25, 0.3) is 0 Å². The molecule has 1 unspecified atom stereocenters. The minimum Gasteiger partial charge on any atom is -0.480 e. The second kappa shape index (κ2) is 39.8. The molecule has 12 heteroatoms. The summed E-state index contributed by atoms with van der Waals surface area (Å²) < 4.78 is 32.7. The normalized spacial score (nSPS) is 13.9. The van der Waals surface area contributed by atoms with Crippen molar-refractivity contribution in [3.8, 4) is 0 Å². The molecule has 328 valence electrons. The number of esters is 2. The zero-order valence-corrected chi connectivity index (χ0v) is 36.4. The lowest BCUT2D eigenvalue weighted by atomic mass is 10.0. The first-order valence-electron chi connectivity index (χ1n) is 22.4. The van der Waals surface area contributed by atoms with Crippen LogP contribution >= 0.6 is 7.82 Å². The van der Waals surface area contributed by atoms with Crippen LogP contribution in [0, 0.1) is 0 Å². The molecule has 0 aromatic heterocycles. The van der Waals surface area contributed by atoms with Crippen molar-refractivity contribution in [1.29, 1.82) is 0 Å². The first-order chi connectivity index (χ1) is 27.1. The van der Waals surface area contributed by atoms with Gasteiger partial charge in [0.1, 0.15) is 12.6 Å². The predicted molar refractivity (Wildman–Crippen MR) is 226 cm³/mol. The number of hydrogen-bond acceptors (Lipinski definition) is 9. The number of allylic oxidation sites excluding steroid dienone is 4. The van der Waals surface area contributed by atoms with Gasteiger partial charge in [0.2, 0.25) is 0 Å². The van der Waals surface area contributed by atoms with E-state index in [1.54, 1.807) is 0 Å². The van der Waals surface area contributed by atoms with E-state index in [0.717, 1.165) is 57.8 Å². The molecule has 0 amide bonds. The number of carbonyl (C=O) groups excluding carboxylic acids is 2. The lowest BCUT2D eigenvalue weighted by Crippen LogP contribution is -2.34. The number of rotatable bonds is 42. The highest BCUT2D eigenvalue weighted by atomic mass is 31.2. The Morgan fingerprint density at radius 2 is 0.946 bits per heavy atom. The van der Waals surface area contributed by atoms with Crippen molar-refractivity contribution in [2.45, 2.75) is 219 Å². The molecular formula is C44H82NO10P. The number of carbonyl (C=O) groups is 3. The lowest BCUT2D eigenvalue weighted by Gasteiger charge is -2.20. The first kappa shape index (κ1) is 54.0. The zero-order chi connectivity index (χ0) is 41.4. The van der Waals surface area contributed by atoms with Crippen LogP contribution in [0.3, 0.4) is 0 Å². The summed E-state index contributed by atoms with van der Waals surface area (Å²) >= 11 is 0. The van der Waals surface area contributed by atoms with Crippen LogP contribution in [0.1, 0.15) is 206 Å². The molecule has 0 radical (unpaired) electrons.